The maximum absolute atomic E-state index is 14.2. The molecule has 1 aliphatic rings. The summed E-state index contributed by atoms with van der Waals surface area (Å²) in [6.45, 7) is 2.13. The minimum Gasteiger partial charge on any atom is -0.493 e. The Hall–Kier alpha value is -0.960. The third-order valence-electron chi connectivity index (χ3n) is 4.13. The van der Waals surface area contributed by atoms with Gasteiger partial charge in [0.2, 0.25) is 0 Å². The number of halogens is 2. The van der Waals surface area contributed by atoms with Crippen molar-refractivity contribution in [2.45, 2.75) is 38.0 Å². The Balaban J connectivity index is 2.38. The molecule has 0 bridgehead atoms. The first-order valence-corrected chi connectivity index (χ1v) is 7.01. The molecule has 0 radical (unpaired) electrons. The molecular weight excluding hydrogens is 267 g/mol. The molecular formula is C15H20ClFO2. The average Bonchev–Trinajstić information content (AvgIpc) is 2.85. The van der Waals surface area contributed by atoms with Crippen molar-refractivity contribution < 1.29 is 13.9 Å². The lowest BCUT2D eigenvalue weighted by Gasteiger charge is -2.30. The van der Waals surface area contributed by atoms with E-state index in [4.69, 9.17) is 21.1 Å². The van der Waals surface area contributed by atoms with E-state index in [2.05, 4.69) is 6.92 Å². The van der Waals surface area contributed by atoms with E-state index < -0.39 is 0 Å². The first kappa shape index (κ1) is 14.4. The van der Waals surface area contributed by atoms with Crippen LogP contribution in [0.5, 0.6) is 11.5 Å². The fourth-order valence-corrected chi connectivity index (χ4v) is 3.26. The Morgan fingerprint density at radius 1 is 1.16 bits per heavy atom. The van der Waals surface area contributed by atoms with E-state index in [1.807, 2.05) is 0 Å². The fraction of sp³-hybridized carbons (Fsp3) is 0.600. The van der Waals surface area contributed by atoms with Crippen LogP contribution in [-0.2, 0) is 0 Å². The van der Waals surface area contributed by atoms with Gasteiger partial charge in [-0.3, -0.25) is 0 Å². The molecule has 1 fully saturated rings. The molecule has 1 aliphatic carbocycles. The summed E-state index contributed by atoms with van der Waals surface area (Å²) in [6.07, 6.45) is 4.40. The van der Waals surface area contributed by atoms with E-state index in [1.54, 1.807) is 13.2 Å². The largest absolute Gasteiger partial charge is 0.493 e. The van der Waals surface area contributed by atoms with Gasteiger partial charge in [-0.15, -0.1) is 11.6 Å². The van der Waals surface area contributed by atoms with Gasteiger partial charge in [-0.1, -0.05) is 19.8 Å². The van der Waals surface area contributed by atoms with Gasteiger partial charge in [-0.25, -0.2) is 4.39 Å². The highest BCUT2D eigenvalue weighted by Gasteiger charge is 2.38. The highest BCUT2D eigenvalue weighted by atomic mass is 35.5. The lowest BCUT2D eigenvalue weighted by atomic mass is 9.81. The van der Waals surface area contributed by atoms with E-state index in [0.29, 0.717) is 17.1 Å². The molecule has 19 heavy (non-hydrogen) atoms. The SMILES string of the molecule is COc1cc(F)c(C(Cl)C2(C)CCCC2)cc1OC. The first-order valence-electron chi connectivity index (χ1n) is 6.57. The Labute approximate surface area is 118 Å². The molecule has 1 unspecified atom stereocenters. The summed E-state index contributed by atoms with van der Waals surface area (Å²) < 4.78 is 24.5. The monoisotopic (exact) mass is 286 g/mol. The normalized spacial score (nSPS) is 19.2. The molecule has 1 saturated carbocycles. The zero-order chi connectivity index (χ0) is 14.0. The van der Waals surface area contributed by atoms with Crippen molar-refractivity contribution in [1.82, 2.24) is 0 Å². The maximum Gasteiger partial charge on any atom is 0.163 e. The van der Waals surface area contributed by atoms with Crippen molar-refractivity contribution in [3.63, 3.8) is 0 Å². The molecule has 106 valence electrons. The van der Waals surface area contributed by atoms with Crippen LogP contribution in [-0.4, -0.2) is 14.2 Å². The second-order valence-electron chi connectivity index (χ2n) is 5.45. The quantitative estimate of drug-likeness (QED) is 0.747. The maximum atomic E-state index is 14.2. The average molecular weight is 287 g/mol. The Kier molecular flexibility index (Phi) is 4.24. The topological polar surface area (TPSA) is 18.5 Å². The standard InChI is InChI=1S/C15H20ClFO2/c1-15(6-4-5-7-15)14(16)10-8-12(18-2)13(19-3)9-11(10)17/h8-9,14H,4-7H2,1-3H3. The van der Waals surface area contributed by atoms with Gasteiger partial charge in [0.05, 0.1) is 19.6 Å². The van der Waals surface area contributed by atoms with Crippen molar-refractivity contribution in [3.05, 3.63) is 23.5 Å². The smallest absolute Gasteiger partial charge is 0.163 e. The van der Waals surface area contributed by atoms with E-state index >= 15 is 0 Å². The van der Waals surface area contributed by atoms with Gasteiger partial charge in [-0.05, 0) is 24.3 Å². The van der Waals surface area contributed by atoms with Crippen LogP contribution in [0.4, 0.5) is 4.39 Å². The second kappa shape index (κ2) is 5.58. The van der Waals surface area contributed by atoms with Crippen molar-refractivity contribution >= 4 is 11.6 Å². The van der Waals surface area contributed by atoms with Crippen molar-refractivity contribution in [2.24, 2.45) is 5.41 Å². The van der Waals surface area contributed by atoms with E-state index in [0.717, 1.165) is 25.7 Å². The van der Waals surface area contributed by atoms with Crippen LogP contribution >= 0.6 is 11.6 Å². The van der Waals surface area contributed by atoms with E-state index in [1.165, 1.54) is 13.2 Å². The van der Waals surface area contributed by atoms with Crippen LogP contribution < -0.4 is 9.47 Å². The third-order valence-corrected chi connectivity index (χ3v) is 4.90. The molecule has 0 amide bonds. The molecule has 1 atom stereocenters. The number of rotatable bonds is 4. The van der Waals surface area contributed by atoms with Gasteiger partial charge < -0.3 is 9.47 Å². The van der Waals surface area contributed by atoms with E-state index in [-0.39, 0.29) is 16.6 Å². The van der Waals surface area contributed by atoms with Crippen LogP contribution in [0, 0.1) is 11.2 Å². The summed E-state index contributed by atoms with van der Waals surface area (Å²) in [5.41, 5.74) is 0.464. The molecule has 0 N–H and O–H groups in total. The summed E-state index contributed by atoms with van der Waals surface area (Å²) in [7, 11) is 3.04. The minimum atomic E-state index is -0.338. The van der Waals surface area contributed by atoms with Crippen LogP contribution in [0.1, 0.15) is 43.5 Å². The number of ether oxygens (including phenoxy) is 2. The lowest BCUT2D eigenvalue weighted by molar-refractivity contribution is 0.312. The molecule has 0 aliphatic heterocycles. The Morgan fingerprint density at radius 2 is 1.68 bits per heavy atom. The predicted molar refractivity (Wildman–Crippen MR) is 74.7 cm³/mol. The van der Waals surface area contributed by atoms with Crippen LogP contribution in [0.15, 0.2) is 12.1 Å². The summed E-state index contributed by atoms with van der Waals surface area (Å²) in [4.78, 5) is 0. The van der Waals surface area contributed by atoms with Crippen molar-refractivity contribution in [1.29, 1.82) is 0 Å². The minimum absolute atomic E-state index is 0.0397. The van der Waals surface area contributed by atoms with Gasteiger partial charge in [0, 0.05) is 11.6 Å². The highest BCUT2D eigenvalue weighted by Crippen LogP contribution is 2.52. The Morgan fingerprint density at radius 3 is 2.21 bits per heavy atom. The number of hydrogen-bond donors (Lipinski definition) is 0. The van der Waals surface area contributed by atoms with Gasteiger partial charge in [0.25, 0.3) is 0 Å². The summed E-state index contributed by atoms with van der Waals surface area (Å²) in [5.74, 6) is 0.584. The zero-order valence-corrected chi connectivity index (χ0v) is 12.4. The molecule has 0 spiro atoms. The van der Waals surface area contributed by atoms with Crippen molar-refractivity contribution in [2.75, 3.05) is 14.2 Å². The van der Waals surface area contributed by atoms with Gasteiger partial charge in [0.15, 0.2) is 11.5 Å². The highest BCUT2D eigenvalue weighted by molar-refractivity contribution is 6.21. The van der Waals surface area contributed by atoms with Crippen LogP contribution in [0.25, 0.3) is 0 Å². The van der Waals surface area contributed by atoms with Gasteiger partial charge in [-0.2, -0.15) is 0 Å². The molecule has 1 aromatic rings. The van der Waals surface area contributed by atoms with Crippen LogP contribution in [0.2, 0.25) is 0 Å². The fourth-order valence-electron chi connectivity index (χ4n) is 2.88. The first-order chi connectivity index (χ1) is 9.01. The number of hydrogen-bond acceptors (Lipinski definition) is 2. The second-order valence-corrected chi connectivity index (χ2v) is 5.89. The number of alkyl halides is 1. The number of methoxy groups -OCH3 is 2. The summed E-state index contributed by atoms with van der Waals surface area (Å²) in [6, 6.07) is 3.01. The van der Waals surface area contributed by atoms with Crippen LogP contribution in [0.3, 0.4) is 0 Å². The van der Waals surface area contributed by atoms with E-state index in [9.17, 15) is 4.39 Å². The predicted octanol–water partition coefficient (Wildman–Crippen LogP) is 4.70. The summed E-state index contributed by atoms with van der Waals surface area (Å²) in [5, 5.41) is -0.338. The van der Waals surface area contributed by atoms with Gasteiger partial charge in [0.1, 0.15) is 5.82 Å². The van der Waals surface area contributed by atoms with Gasteiger partial charge >= 0.3 is 0 Å². The molecule has 0 aromatic heterocycles. The molecule has 2 nitrogen and oxygen atoms in total. The zero-order valence-electron chi connectivity index (χ0n) is 11.6. The number of benzene rings is 1. The Bertz CT molecular complexity index is 456. The molecule has 0 saturated heterocycles. The molecule has 4 heteroatoms. The molecule has 1 aromatic carbocycles. The third kappa shape index (κ3) is 2.66. The lowest BCUT2D eigenvalue weighted by Crippen LogP contribution is -2.19. The molecule has 2 rings (SSSR count). The summed E-state index contributed by atoms with van der Waals surface area (Å²) >= 11 is 6.55. The molecule has 0 heterocycles. The van der Waals surface area contributed by atoms with Crippen molar-refractivity contribution in [3.8, 4) is 11.5 Å².